The Morgan fingerprint density at radius 1 is 1.48 bits per heavy atom. The van der Waals surface area contributed by atoms with Crippen LogP contribution in [0, 0.1) is 23.2 Å². The largest absolute Gasteiger partial charge is 0.460 e. The molecule has 1 saturated heterocycles. The minimum Gasteiger partial charge on any atom is -0.460 e. The van der Waals surface area contributed by atoms with Crippen LogP contribution in [-0.4, -0.2) is 35.8 Å². The average molecular weight is 289 g/mol. The Kier molecular flexibility index (Phi) is 3.04. The second-order valence-corrected chi connectivity index (χ2v) is 6.48. The van der Waals surface area contributed by atoms with Crippen molar-refractivity contribution in [2.45, 2.75) is 20.3 Å². The molecule has 2 bridgehead atoms. The van der Waals surface area contributed by atoms with E-state index in [1.807, 2.05) is 6.92 Å². The van der Waals surface area contributed by atoms with Crippen molar-refractivity contribution in [3.8, 4) is 0 Å². The van der Waals surface area contributed by atoms with Crippen LogP contribution >= 0.6 is 0 Å². The van der Waals surface area contributed by atoms with Crippen molar-refractivity contribution in [3.63, 3.8) is 0 Å². The second-order valence-electron chi connectivity index (χ2n) is 6.48. The maximum atomic E-state index is 12.5. The molecule has 5 heteroatoms. The molecule has 1 heterocycles. The van der Waals surface area contributed by atoms with E-state index < -0.39 is 5.97 Å². The van der Waals surface area contributed by atoms with Crippen LogP contribution in [0.2, 0.25) is 0 Å². The standard InChI is InChI=1S/C16H19NO4/c1-9(2)15(20)21-7-6-17-13(18)11-10-4-5-16(3,8-10)12(11)14(17)19/h4-5,10-12H,1,6-8H2,2-3H3. The summed E-state index contributed by atoms with van der Waals surface area (Å²) in [5.41, 5.74) is 0.117. The molecule has 3 aliphatic rings. The maximum absolute atomic E-state index is 12.5. The molecule has 1 saturated carbocycles. The summed E-state index contributed by atoms with van der Waals surface area (Å²) in [7, 11) is 0. The van der Waals surface area contributed by atoms with Crippen LogP contribution in [0.5, 0.6) is 0 Å². The van der Waals surface area contributed by atoms with Crippen LogP contribution in [0.3, 0.4) is 0 Å². The van der Waals surface area contributed by atoms with E-state index >= 15 is 0 Å². The highest BCUT2D eigenvalue weighted by Crippen LogP contribution is 2.59. The number of hydrogen-bond donors (Lipinski definition) is 0. The van der Waals surface area contributed by atoms with Gasteiger partial charge < -0.3 is 4.74 Å². The molecule has 0 spiro atoms. The predicted molar refractivity (Wildman–Crippen MR) is 74.8 cm³/mol. The highest BCUT2D eigenvalue weighted by molar-refractivity contribution is 6.06. The number of esters is 1. The van der Waals surface area contributed by atoms with E-state index in [4.69, 9.17) is 4.74 Å². The molecule has 4 unspecified atom stereocenters. The number of likely N-dealkylation sites (tertiary alicyclic amines) is 1. The van der Waals surface area contributed by atoms with Crippen LogP contribution in [0.25, 0.3) is 0 Å². The predicted octanol–water partition coefficient (Wildman–Crippen LogP) is 1.30. The molecule has 2 aliphatic carbocycles. The Bertz CT molecular complexity index is 579. The van der Waals surface area contributed by atoms with Crippen LogP contribution in [0.15, 0.2) is 24.3 Å². The van der Waals surface area contributed by atoms with Crippen LogP contribution < -0.4 is 0 Å². The van der Waals surface area contributed by atoms with Gasteiger partial charge >= 0.3 is 5.97 Å². The molecule has 4 atom stereocenters. The highest BCUT2D eigenvalue weighted by Gasteiger charge is 2.63. The minimum absolute atomic E-state index is 0.0252. The fraction of sp³-hybridized carbons (Fsp3) is 0.562. The first kappa shape index (κ1) is 14.0. The summed E-state index contributed by atoms with van der Waals surface area (Å²) in [6.07, 6.45) is 5.03. The Hall–Kier alpha value is -1.91. The Morgan fingerprint density at radius 3 is 2.81 bits per heavy atom. The van der Waals surface area contributed by atoms with Crippen molar-refractivity contribution in [2.24, 2.45) is 23.2 Å². The zero-order chi connectivity index (χ0) is 15.4. The number of ether oxygens (including phenoxy) is 1. The first-order valence-corrected chi connectivity index (χ1v) is 7.22. The van der Waals surface area contributed by atoms with Gasteiger partial charge in [0, 0.05) is 5.57 Å². The van der Waals surface area contributed by atoms with Gasteiger partial charge in [0.25, 0.3) is 0 Å². The van der Waals surface area contributed by atoms with E-state index in [2.05, 4.69) is 18.7 Å². The first-order chi connectivity index (χ1) is 9.85. The zero-order valence-corrected chi connectivity index (χ0v) is 12.3. The zero-order valence-electron chi connectivity index (χ0n) is 12.3. The second kappa shape index (κ2) is 4.55. The van der Waals surface area contributed by atoms with Crippen LogP contribution in [0.1, 0.15) is 20.3 Å². The van der Waals surface area contributed by atoms with E-state index in [1.165, 1.54) is 4.90 Å². The van der Waals surface area contributed by atoms with Crippen molar-refractivity contribution >= 4 is 17.8 Å². The fourth-order valence-corrected chi connectivity index (χ4v) is 3.91. The Balaban J connectivity index is 1.67. The number of carbonyl (C=O) groups excluding carboxylic acids is 3. The van der Waals surface area contributed by atoms with Crippen LogP contribution in [0.4, 0.5) is 0 Å². The molecular weight excluding hydrogens is 270 g/mol. The third-order valence-electron chi connectivity index (χ3n) is 4.91. The average Bonchev–Trinajstić information content (AvgIpc) is 3.02. The van der Waals surface area contributed by atoms with Crippen molar-refractivity contribution in [2.75, 3.05) is 13.2 Å². The molecule has 0 aromatic rings. The van der Waals surface area contributed by atoms with Crippen molar-refractivity contribution in [3.05, 3.63) is 24.3 Å². The van der Waals surface area contributed by atoms with Gasteiger partial charge in [-0.15, -0.1) is 0 Å². The van der Waals surface area contributed by atoms with Gasteiger partial charge in [-0.25, -0.2) is 4.79 Å². The Labute approximate surface area is 123 Å². The van der Waals surface area contributed by atoms with Crippen LogP contribution in [-0.2, 0) is 19.1 Å². The number of allylic oxidation sites excluding steroid dienone is 2. The van der Waals surface area contributed by atoms with Crippen molar-refractivity contribution in [1.82, 2.24) is 4.90 Å². The molecule has 2 fully saturated rings. The molecule has 21 heavy (non-hydrogen) atoms. The van der Waals surface area contributed by atoms with Crippen molar-refractivity contribution < 1.29 is 19.1 Å². The summed E-state index contributed by atoms with van der Waals surface area (Å²) in [6.45, 7) is 7.25. The summed E-state index contributed by atoms with van der Waals surface area (Å²) in [6, 6.07) is 0. The Morgan fingerprint density at radius 2 is 2.19 bits per heavy atom. The fourth-order valence-electron chi connectivity index (χ4n) is 3.91. The summed E-state index contributed by atoms with van der Waals surface area (Å²) < 4.78 is 4.98. The number of carbonyl (C=O) groups is 3. The number of rotatable bonds is 4. The van der Waals surface area contributed by atoms with Gasteiger partial charge in [0.05, 0.1) is 18.4 Å². The molecule has 3 rings (SSSR count). The molecule has 0 aromatic heterocycles. The normalized spacial score (nSPS) is 36.3. The lowest BCUT2D eigenvalue weighted by atomic mass is 9.76. The van der Waals surface area contributed by atoms with E-state index in [0.717, 1.165) is 6.42 Å². The summed E-state index contributed by atoms with van der Waals surface area (Å²) >= 11 is 0. The number of fused-ring (bicyclic) bond motifs is 5. The molecule has 1 aliphatic heterocycles. The van der Waals surface area contributed by atoms with Gasteiger partial charge in [-0.1, -0.05) is 25.7 Å². The van der Waals surface area contributed by atoms with Gasteiger partial charge in [-0.2, -0.15) is 0 Å². The van der Waals surface area contributed by atoms with Gasteiger partial charge in [0.1, 0.15) is 6.61 Å². The van der Waals surface area contributed by atoms with E-state index in [9.17, 15) is 14.4 Å². The number of amides is 2. The monoisotopic (exact) mass is 289 g/mol. The molecule has 2 amide bonds. The van der Waals surface area contributed by atoms with Gasteiger partial charge in [0.2, 0.25) is 11.8 Å². The molecule has 112 valence electrons. The SMILES string of the molecule is C=C(C)C(=O)OCCN1C(=O)C2C3C=CC(C)(C3)C2C1=O. The van der Waals surface area contributed by atoms with E-state index in [-0.39, 0.29) is 48.1 Å². The maximum Gasteiger partial charge on any atom is 0.333 e. The quantitative estimate of drug-likeness (QED) is 0.339. The molecule has 0 aromatic carbocycles. The molecule has 0 N–H and O–H groups in total. The number of hydrogen-bond acceptors (Lipinski definition) is 4. The molecule has 5 nitrogen and oxygen atoms in total. The lowest BCUT2D eigenvalue weighted by Gasteiger charge is -2.25. The third-order valence-corrected chi connectivity index (χ3v) is 4.91. The van der Waals surface area contributed by atoms with Gasteiger partial charge in [-0.3, -0.25) is 14.5 Å². The minimum atomic E-state index is -0.497. The van der Waals surface area contributed by atoms with Gasteiger partial charge in [0.15, 0.2) is 0 Å². The van der Waals surface area contributed by atoms with E-state index in [0.29, 0.717) is 5.57 Å². The lowest BCUT2D eigenvalue weighted by Crippen LogP contribution is -2.37. The summed E-state index contributed by atoms with van der Waals surface area (Å²) in [5, 5.41) is 0. The topological polar surface area (TPSA) is 63.7 Å². The first-order valence-electron chi connectivity index (χ1n) is 7.22. The summed E-state index contributed by atoms with van der Waals surface area (Å²) in [4.78, 5) is 37.6. The molecular formula is C16H19NO4. The third kappa shape index (κ3) is 1.94. The highest BCUT2D eigenvalue weighted by atomic mass is 16.5. The summed E-state index contributed by atoms with van der Waals surface area (Å²) in [5.74, 6) is -1.01. The lowest BCUT2D eigenvalue weighted by molar-refractivity contribution is -0.146. The number of imide groups is 1. The van der Waals surface area contributed by atoms with E-state index in [1.54, 1.807) is 6.92 Å². The smallest absolute Gasteiger partial charge is 0.333 e. The number of nitrogens with zero attached hydrogens (tertiary/aromatic N) is 1. The molecule has 0 radical (unpaired) electrons. The van der Waals surface area contributed by atoms with Crippen molar-refractivity contribution in [1.29, 1.82) is 0 Å². The van der Waals surface area contributed by atoms with Gasteiger partial charge in [-0.05, 0) is 24.7 Å².